The van der Waals surface area contributed by atoms with Crippen LogP contribution in [-0.4, -0.2) is 29.9 Å². The van der Waals surface area contributed by atoms with Gasteiger partial charge in [-0.1, -0.05) is 0 Å². The van der Waals surface area contributed by atoms with E-state index in [0.717, 1.165) is 4.90 Å². The average molecular weight is 135 g/mol. The lowest BCUT2D eigenvalue weighted by atomic mass is 10.9. The van der Waals surface area contributed by atoms with E-state index in [9.17, 15) is 14.9 Å². The predicted molar refractivity (Wildman–Crippen MR) is 31.1 cm³/mol. The SMILES string of the molecule is CN(C)C(=O)[N+](=O)[O-].N. The summed E-state index contributed by atoms with van der Waals surface area (Å²) in [7, 11) is 2.65. The quantitative estimate of drug-likeness (QED) is 0.376. The van der Waals surface area contributed by atoms with Gasteiger partial charge in [0.05, 0.1) is 14.1 Å². The van der Waals surface area contributed by atoms with Crippen LogP contribution in [0.4, 0.5) is 4.79 Å². The van der Waals surface area contributed by atoms with E-state index in [1.165, 1.54) is 14.1 Å². The first kappa shape index (κ1) is 10.7. The lowest BCUT2D eigenvalue weighted by molar-refractivity contribution is -0.382. The minimum Gasteiger partial charge on any atom is -0.355 e. The fourth-order valence-electron chi connectivity index (χ4n) is 0.163. The van der Waals surface area contributed by atoms with Crippen LogP contribution in [0.1, 0.15) is 0 Å². The summed E-state index contributed by atoms with van der Waals surface area (Å²) < 4.78 is 0. The first-order chi connectivity index (χ1) is 3.55. The molecule has 0 saturated heterocycles. The second-order valence-corrected chi connectivity index (χ2v) is 1.43. The fraction of sp³-hybridized carbons (Fsp3) is 0.667. The highest BCUT2D eigenvalue weighted by molar-refractivity contribution is 5.64. The van der Waals surface area contributed by atoms with Gasteiger partial charge in [-0.2, -0.15) is 4.79 Å². The van der Waals surface area contributed by atoms with Crippen molar-refractivity contribution in [2.24, 2.45) is 0 Å². The van der Waals surface area contributed by atoms with Gasteiger partial charge in [0.15, 0.2) is 0 Å². The number of urea groups is 1. The molecule has 0 heterocycles. The van der Waals surface area contributed by atoms with Crippen molar-refractivity contribution in [3.8, 4) is 0 Å². The number of carbonyl (C=O) groups is 1. The Labute approximate surface area is 52.2 Å². The second kappa shape index (κ2) is 3.79. The van der Waals surface area contributed by atoms with Crippen LogP contribution < -0.4 is 6.15 Å². The highest BCUT2D eigenvalue weighted by Gasteiger charge is 2.13. The first-order valence-corrected chi connectivity index (χ1v) is 1.91. The van der Waals surface area contributed by atoms with Gasteiger partial charge in [-0.25, -0.2) is 4.90 Å². The van der Waals surface area contributed by atoms with E-state index in [1.54, 1.807) is 0 Å². The third-order valence-electron chi connectivity index (χ3n) is 0.539. The van der Waals surface area contributed by atoms with Crippen molar-refractivity contribution in [2.75, 3.05) is 14.1 Å². The van der Waals surface area contributed by atoms with Crippen molar-refractivity contribution in [3.63, 3.8) is 0 Å². The van der Waals surface area contributed by atoms with Crippen molar-refractivity contribution in [1.29, 1.82) is 0 Å². The molecule has 0 rings (SSSR count). The Morgan fingerprint density at radius 2 is 1.89 bits per heavy atom. The maximum Gasteiger partial charge on any atom is 0.533 e. The lowest BCUT2D eigenvalue weighted by Crippen LogP contribution is -2.27. The average Bonchev–Trinajstić information content (AvgIpc) is 1.64. The summed E-state index contributed by atoms with van der Waals surface area (Å²) in [6, 6.07) is -1.09. The molecule has 0 radical (unpaired) electrons. The molecule has 0 saturated carbocycles. The van der Waals surface area contributed by atoms with Gasteiger partial charge in [0, 0.05) is 4.92 Å². The molecule has 6 heteroatoms. The van der Waals surface area contributed by atoms with E-state index in [1.807, 2.05) is 0 Å². The summed E-state index contributed by atoms with van der Waals surface area (Å²) in [4.78, 5) is 19.6. The van der Waals surface area contributed by atoms with Crippen molar-refractivity contribution < 1.29 is 9.72 Å². The first-order valence-electron chi connectivity index (χ1n) is 1.91. The Morgan fingerprint density at radius 3 is 1.89 bits per heavy atom. The van der Waals surface area contributed by atoms with Crippen LogP contribution in [-0.2, 0) is 0 Å². The van der Waals surface area contributed by atoms with Gasteiger partial charge in [-0.15, -0.1) is 0 Å². The van der Waals surface area contributed by atoms with Crippen LogP contribution in [0.2, 0.25) is 0 Å². The van der Waals surface area contributed by atoms with Crippen LogP contribution in [0.5, 0.6) is 0 Å². The minimum atomic E-state index is -1.09. The van der Waals surface area contributed by atoms with Crippen LogP contribution in [0.25, 0.3) is 0 Å². The molecule has 0 aromatic heterocycles. The maximum absolute atomic E-state index is 10.1. The molecule has 54 valence electrons. The third-order valence-corrected chi connectivity index (χ3v) is 0.539. The van der Waals surface area contributed by atoms with E-state index >= 15 is 0 Å². The topological polar surface area (TPSA) is 98.5 Å². The standard InChI is InChI=1S/C3H6N2O3.H3N/c1-4(2)3(6)5(7)8;/h1-2H3;1H3. The van der Waals surface area contributed by atoms with Crippen molar-refractivity contribution in [1.82, 2.24) is 11.1 Å². The van der Waals surface area contributed by atoms with Crippen molar-refractivity contribution in [2.45, 2.75) is 0 Å². The molecular formula is C3H9N3O3. The lowest BCUT2D eigenvalue weighted by Gasteiger charge is -1.98. The van der Waals surface area contributed by atoms with E-state index in [4.69, 9.17) is 0 Å². The van der Waals surface area contributed by atoms with Gasteiger partial charge in [-0.05, 0) is 0 Å². The fourth-order valence-corrected chi connectivity index (χ4v) is 0.163. The van der Waals surface area contributed by atoms with E-state index in [-0.39, 0.29) is 6.15 Å². The number of hydrogen-bond donors (Lipinski definition) is 1. The van der Waals surface area contributed by atoms with Crippen LogP contribution in [0, 0.1) is 10.1 Å². The molecule has 0 aliphatic carbocycles. The molecule has 0 bridgehead atoms. The van der Waals surface area contributed by atoms with Gasteiger partial charge >= 0.3 is 6.03 Å². The minimum absolute atomic E-state index is 0. The third kappa shape index (κ3) is 3.42. The zero-order chi connectivity index (χ0) is 6.73. The summed E-state index contributed by atoms with van der Waals surface area (Å²) in [5, 5.41) is 9.56. The van der Waals surface area contributed by atoms with Gasteiger partial charge < -0.3 is 16.3 Å². The molecule has 0 fully saturated rings. The normalized spacial score (nSPS) is 7.33. The highest BCUT2D eigenvalue weighted by atomic mass is 16.6. The molecule has 6 nitrogen and oxygen atoms in total. The number of nitrogens with zero attached hydrogens (tertiary/aromatic N) is 2. The van der Waals surface area contributed by atoms with Crippen LogP contribution >= 0.6 is 0 Å². The summed E-state index contributed by atoms with van der Waals surface area (Å²) in [5.74, 6) is 0. The summed E-state index contributed by atoms with van der Waals surface area (Å²) in [5.41, 5.74) is 0. The second-order valence-electron chi connectivity index (χ2n) is 1.43. The number of carbonyl (C=O) groups excluding carboxylic acids is 1. The van der Waals surface area contributed by atoms with Gasteiger partial charge in [-0.3, -0.25) is 0 Å². The molecule has 0 aliphatic rings. The van der Waals surface area contributed by atoms with Gasteiger partial charge in [0.2, 0.25) is 0 Å². The Hall–Kier alpha value is -1.17. The maximum atomic E-state index is 10.1. The number of rotatable bonds is 0. The predicted octanol–water partition coefficient (Wildman–Crippen LogP) is 0.107. The van der Waals surface area contributed by atoms with E-state index in [2.05, 4.69) is 0 Å². The van der Waals surface area contributed by atoms with E-state index < -0.39 is 11.0 Å². The molecule has 0 aliphatic heterocycles. The van der Waals surface area contributed by atoms with Gasteiger partial charge in [0.1, 0.15) is 0 Å². The molecule has 0 aromatic carbocycles. The van der Waals surface area contributed by atoms with E-state index in [0.29, 0.717) is 0 Å². The molecule has 0 unspecified atom stereocenters. The molecule has 9 heavy (non-hydrogen) atoms. The molecule has 0 atom stereocenters. The van der Waals surface area contributed by atoms with Crippen molar-refractivity contribution >= 4 is 6.03 Å². The van der Waals surface area contributed by atoms with Crippen LogP contribution in [0.3, 0.4) is 0 Å². The largest absolute Gasteiger partial charge is 0.533 e. The number of nitro groups is 1. The number of amides is 2. The van der Waals surface area contributed by atoms with Crippen LogP contribution in [0.15, 0.2) is 0 Å². The highest BCUT2D eigenvalue weighted by Crippen LogP contribution is 1.79. The smallest absolute Gasteiger partial charge is 0.355 e. The molecule has 0 spiro atoms. The summed E-state index contributed by atoms with van der Waals surface area (Å²) >= 11 is 0. The summed E-state index contributed by atoms with van der Waals surface area (Å²) in [6.45, 7) is 0. The summed E-state index contributed by atoms with van der Waals surface area (Å²) in [6.07, 6.45) is 0. The molecule has 2 amide bonds. The molecular weight excluding hydrogens is 126 g/mol. The zero-order valence-electron chi connectivity index (χ0n) is 5.33. The Morgan fingerprint density at radius 1 is 1.56 bits per heavy atom. The number of hydrogen-bond acceptors (Lipinski definition) is 4. The Bertz CT molecular complexity index is 121. The Kier molecular flexibility index (Phi) is 4.52. The molecule has 3 N–H and O–H groups in total. The zero-order valence-corrected chi connectivity index (χ0v) is 5.33. The van der Waals surface area contributed by atoms with Gasteiger partial charge in [0.25, 0.3) is 0 Å². The monoisotopic (exact) mass is 135 g/mol. The Balaban J connectivity index is 0. The molecule has 0 aromatic rings. The van der Waals surface area contributed by atoms with Crippen molar-refractivity contribution in [3.05, 3.63) is 10.1 Å².